The Labute approximate surface area is 187 Å². The smallest absolute Gasteiger partial charge is 0.313 e. The molecular weight excluding hydrogens is 456 g/mol. The molecule has 1 amide bonds. The van der Waals surface area contributed by atoms with Crippen LogP contribution in [0.1, 0.15) is 10.4 Å². The van der Waals surface area contributed by atoms with Crippen LogP contribution < -0.4 is 15.6 Å². The van der Waals surface area contributed by atoms with Gasteiger partial charge in [-0.3, -0.25) is 19.9 Å². The lowest BCUT2D eigenvalue weighted by Gasteiger charge is -2.10. The van der Waals surface area contributed by atoms with E-state index in [2.05, 4.69) is 30.7 Å². The number of rotatable bonds is 7. The molecule has 3 N–H and O–H groups in total. The summed E-state index contributed by atoms with van der Waals surface area (Å²) in [6, 6.07) is 15.3. The van der Waals surface area contributed by atoms with Gasteiger partial charge < -0.3 is 4.52 Å². The Bertz CT molecular complexity index is 1360. The third-order valence-corrected chi connectivity index (χ3v) is 5.86. The maximum Gasteiger partial charge on any atom is 0.340 e. The maximum atomic E-state index is 12.7. The van der Waals surface area contributed by atoms with E-state index in [1.165, 1.54) is 30.3 Å². The summed E-state index contributed by atoms with van der Waals surface area (Å²) in [5.41, 5.74) is 5.89. The highest BCUT2D eigenvalue weighted by Crippen LogP contribution is 2.24. The molecule has 4 aromatic rings. The van der Waals surface area contributed by atoms with Crippen molar-refractivity contribution in [2.45, 2.75) is 4.90 Å². The van der Waals surface area contributed by atoms with E-state index in [0.717, 1.165) is 0 Å². The first-order valence-corrected chi connectivity index (χ1v) is 11.0. The molecule has 10 nitrogen and oxygen atoms in total. The average molecular weight is 471 g/mol. The quantitative estimate of drug-likeness (QED) is 0.349. The highest BCUT2D eigenvalue weighted by atomic mass is 35.5. The summed E-state index contributed by atoms with van der Waals surface area (Å²) in [4.78, 5) is 20.4. The second kappa shape index (κ2) is 9.04. The number of para-hydroxylation sites is 1. The van der Waals surface area contributed by atoms with Gasteiger partial charge in [0.25, 0.3) is 15.9 Å². The van der Waals surface area contributed by atoms with E-state index in [9.17, 15) is 13.2 Å². The van der Waals surface area contributed by atoms with Gasteiger partial charge in [0.2, 0.25) is 5.82 Å². The molecule has 2 aromatic carbocycles. The molecule has 0 aliphatic heterocycles. The van der Waals surface area contributed by atoms with Crippen LogP contribution in [0, 0.1) is 0 Å². The number of nitrogens with one attached hydrogen (secondary N) is 3. The van der Waals surface area contributed by atoms with Gasteiger partial charge in [-0.2, -0.15) is 4.98 Å². The molecule has 0 spiro atoms. The highest BCUT2D eigenvalue weighted by Gasteiger charge is 2.18. The number of hydrogen-bond donors (Lipinski definition) is 3. The van der Waals surface area contributed by atoms with Gasteiger partial charge in [-0.05, 0) is 42.5 Å². The summed E-state index contributed by atoms with van der Waals surface area (Å²) in [6.45, 7) is 0. The molecule has 2 aromatic heterocycles. The van der Waals surface area contributed by atoms with E-state index in [1.807, 2.05) is 0 Å². The molecular formula is C20H15ClN6O4S. The van der Waals surface area contributed by atoms with Crippen LogP contribution in [0.2, 0.25) is 5.02 Å². The minimum atomic E-state index is -3.97. The Balaban J connectivity index is 1.44. The number of pyridine rings is 1. The largest absolute Gasteiger partial charge is 0.340 e. The lowest BCUT2D eigenvalue weighted by Crippen LogP contribution is -2.29. The molecule has 0 unspecified atom stereocenters. The van der Waals surface area contributed by atoms with E-state index in [4.69, 9.17) is 16.1 Å². The van der Waals surface area contributed by atoms with Crippen molar-refractivity contribution in [2.24, 2.45) is 0 Å². The maximum absolute atomic E-state index is 12.7. The normalized spacial score (nSPS) is 11.0. The Morgan fingerprint density at radius 1 is 1.00 bits per heavy atom. The van der Waals surface area contributed by atoms with Crippen LogP contribution in [0.25, 0.3) is 11.4 Å². The van der Waals surface area contributed by atoms with Crippen LogP contribution in [0.4, 0.5) is 11.7 Å². The number of hydrogen-bond acceptors (Lipinski definition) is 8. The third kappa shape index (κ3) is 4.85. The molecule has 0 saturated carbocycles. The number of sulfonamides is 1. The lowest BCUT2D eigenvalue weighted by atomic mass is 10.2. The predicted molar refractivity (Wildman–Crippen MR) is 117 cm³/mol. The second-order valence-electron chi connectivity index (χ2n) is 6.35. The van der Waals surface area contributed by atoms with Crippen molar-refractivity contribution in [2.75, 3.05) is 10.1 Å². The number of hydrazine groups is 1. The second-order valence-corrected chi connectivity index (χ2v) is 8.44. The number of aromatic nitrogens is 3. The van der Waals surface area contributed by atoms with Crippen LogP contribution in [0.5, 0.6) is 0 Å². The van der Waals surface area contributed by atoms with Gasteiger partial charge in [0.05, 0.1) is 15.6 Å². The zero-order valence-corrected chi connectivity index (χ0v) is 17.8. The van der Waals surface area contributed by atoms with Crippen LogP contribution in [-0.4, -0.2) is 29.4 Å². The Morgan fingerprint density at radius 3 is 2.56 bits per heavy atom. The predicted octanol–water partition coefficient (Wildman–Crippen LogP) is 3.34. The molecule has 0 bridgehead atoms. The van der Waals surface area contributed by atoms with Crippen molar-refractivity contribution in [1.82, 2.24) is 20.6 Å². The summed E-state index contributed by atoms with van der Waals surface area (Å²) in [6.07, 6.45) is 3.17. The number of benzene rings is 2. The fourth-order valence-corrected chi connectivity index (χ4v) is 3.99. The van der Waals surface area contributed by atoms with Gasteiger partial charge in [-0.25, -0.2) is 13.8 Å². The first kappa shape index (κ1) is 21.3. The summed E-state index contributed by atoms with van der Waals surface area (Å²) in [7, 11) is -3.97. The molecule has 0 fully saturated rings. The lowest BCUT2D eigenvalue weighted by molar-refractivity contribution is 0.0961. The minimum absolute atomic E-state index is 0.0469. The van der Waals surface area contributed by atoms with E-state index in [0.29, 0.717) is 11.4 Å². The first-order valence-electron chi connectivity index (χ1n) is 9.10. The van der Waals surface area contributed by atoms with Crippen LogP contribution in [0.3, 0.4) is 0 Å². The molecule has 2 heterocycles. The van der Waals surface area contributed by atoms with Gasteiger partial charge in [0.15, 0.2) is 0 Å². The topological polar surface area (TPSA) is 139 Å². The molecule has 0 atom stereocenters. The van der Waals surface area contributed by atoms with E-state index in [1.54, 1.807) is 42.7 Å². The average Bonchev–Trinajstić information content (AvgIpc) is 3.29. The Kier molecular flexibility index (Phi) is 6.01. The molecule has 162 valence electrons. The van der Waals surface area contributed by atoms with Crippen molar-refractivity contribution in [3.8, 4) is 11.4 Å². The van der Waals surface area contributed by atoms with Crippen molar-refractivity contribution < 1.29 is 17.7 Å². The number of carbonyl (C=O) groups is 1. The molecule has 12 heteroatoms. The Morgan fingerprint density at radius 2 is 1.78 bits per heavy atom. The van der Waals surface area contributed by atoms with Gasteiger partial charge >= 0.3 is 6.01 Å². The van der Waals surface area contributed by atoms with Crippen molar-refractivity contribution >= 4 is 39.2 Å². The standard InChI is InChI=1S/C20H15ClN6O4S/c21-16-6-1-2-7-17(16)27-32(29,30)15-5-3-4-14(12-15)19(28)24-25-20-23-18(26-31-20)13-8-10-22-11-9-13/h1-12,27H,(H,24,28)(H,23,25,26). The monoisotopic (exact) mass is 470 g/mol. The van der Waals surface area contributed by atoms with Gasteiger partial charge in [-0.1, -0.05) is 35.0 Å². The number of halogens is 1. The van der Waals surface area contributed by atoms with Crippen LogP contribution >= 0.6 is 11.6 Å². The molecule has 32 heavy (non-hydrogen) atoms. The molecule has 0 aliphatic carbocycles. The zero-order valence-electron chi connectivity index (χ0n) is 16.2. The summed E-state index contributed by atoms with van der Waals surface area (Å²) < 4.78 is 32.8. The van der Waals surface area contributed by atoms with E-state index in [-0.39, 0.29) is 27.2 Å². The highest BCUT2D eigenvalue weighted by molar-refractivity contribution is 7.92. The van der Waals surface area contributed by atoms with Gasteiger partial charge in [0, 0.05) is 23.5 Å². The van der Waals surface area contributed by atoms with Crippen LogP contribution in [0.15, 0.2) is 82.5 Å². The van der Waals surface area contributed by atoms with Crippen LogP contribution in [-0.2, 0) is 10.0 Å². The molecule has 0 radical (unpaired) electrons. The van der Waals surface area contributed by atoms with Crippen molar-refractivity contribution in [3.05, 3.63) is 83.6 Å². The number of nitrogens with zero attached hydrogens (tertiary/aromatic N) is 3. The fourth-order valence-electron chi connectivity index (χ4n) is 2.63. The third-order valence-electron chi connectivity index (χ3n) is 4.17. The Hall–Kier alpha value is -3.96. The van der Waals surface area contributed by atoms with Crippen molar-refractivity contribution in [3.63, 3.8) is 0 Å². The van der Waals surface area contributed by atoms with E-state index < -0.39 is 15.9 Å². The first-order chi connectivity index (χ1) is 15.4. The SMILES string of the molecule is O=C(NNc1nc(-c2ccncc2)no1)c1cccc(S(=O)(=O)Nc2ccccc2Cl)c1. The minimum Gasteiger partial charge on any atom is -0.313 e. The number of amides is 1. The number of carbonyl (C=O) groups excluding carboxylic acids is 1. The summed E-state index contributed by atoms with van der Waals surface area (Å²) in [5, 5.41) is 4.05. The fraction of sp³-hybridized carbons (Fsp3) is 0. The summed E-state index contributed by atoms with van der Waals surface area (Å²) >= 11 is 6.02. The summed E-state index contributed by atoms with van der Waals surface area (Å²) in [5.74, 6) is -0.300. The molecule has 0 saturated heterocycles. The molecule has 0 aliphatic rings. The van der Waals surface area contributed by atoms with Gasteiger partial charge in [-0.15, -0.1) is 0 Å². The van der Waals surface area contributed by atoms with E-state index >= 15 is 0 Å². The zero-order chi connectivity index (χ0) is 22.6. The molecule has 4 rings (SSSR count). The van der Waals surface area contributed by atoms with Crippen molar-refractivity contribution in [1.29, 1.82) is 0 Å². The number of anilines is 2. The van der Waals surface area contributed by atoms with Gasteiger partial charge in [0.1, 0.15) is 0 Å².